The van der Waals surface area contributed by atoms with Crippen molar-refractivity contribution in [2.24, 2.45) is 4.99 Å². The van der Waals surface area contributed by atoms with Crippen molar-refractivity contribution in [3.8, 4) is 5.75 Å². The quantitative estimate of drug-likeness (QED) is 0.179. The average Bonchev–Trinajstić information content (AvgIpc) is 3.11. The van der Waals surface area contributed by atoms with E-state index in [0.717, 1.165) is 63.0 Å². The molecule has 0 unspecified atom stereocenters. The maximum Gasteiger partial charge on any atom is 0.261 e. The van der Waals surface area contributed by atoms with Crippen molar-refractivity contribution in [1.29, 1.82) is 0 Å². The maximum absolute atomic E-state index is 12.5. The number of nitrogens with one attached hydrogen (secondary N) is 1. The second kappa shape index (κ2) is 12.0. The van der Waals surface area contributed by atoms with Gasteiger partial charge >= 0.3 is 0 Å². The molecule has 4 rings (SSSR count). The molecule has 34 heavy (non-hydrogen) atoms. The van der Waals surface area contributed by atoms with Crippen LogP contribution in [0.25, 0.3) is 0 Å². The summed E-state index contributed by atoms with van der Waals surface area (Å²) < 4.78 is 5.50. The Balaban J connectivity index is 0.00000324. The van der Waals surface area contributed by atoms with Gasteiger partial charge in [-0.3, -0.25) is 19.5 Å². The van der Waals surface area contributed by atoms with Crippen molar-refractivity contribution in [3.63, 3.8) is 0 Å². The van der Waals surface area contributed by atoms with Crippen LogP contribution < -0.4 is 15.0 Å². The standard InChI is InChI=1S/C25H31N5O3.HI/c1-26-25(29-17-15-28(16-18-29)21-11-5-6-12-22(21)33-2)27-13-7-8-14-30-23(31)19-9-3-4-10-20(19)24(30)32;/h3-6,9-12H,7-8,13-18H2,1-2H3,(H,26,27);1H. The van der Waals surface area contributed by atoms with Crippen LogP contribution in [0.15, 0.2) is 53.5 Å². The normalized spacial score (nSPS) is 15.8. The van der Waals surface area contributed by atoms with Gasteiger partial charge in [0, 0.05) is 46.3 Å². The van der Waals surface area contributed by atoms with Crippen LogP contribution in [0.2, 0.25) is 0 Å². The van der Waals surface area contributed by atoms with Gasteiger partial charge in [-0.1, -0.05) is 24.3 Å². The fraction of sp³-hybridized carbons (Fsp3) is 0.400. The summed E-state index contributed by atoms with van der Waals surface area (Å²) in [6.45, 7) is 4.69. The first kappa shape index (κ1) is 25.8. The van der Waals surface area contributed by atoms with Crippen LogP contribution in [0, 0.1) is 0 Å². The number of unbranched alkanes of at least 4 members (excludes halogenated alkanes) is 1. The smallest absolute Gasteiger partial charge is 0.261 e. The highest BCUT2D eigenvalue weighted by Crippen LogP contribution is 2.28. The lowest BCUT2D eigenvalue weighted by atomic mass is 10.1. The number of amides is 2. The molecule has 0 saturated carbocycles. The van der Waals surface area contributed by atoms with E-state index in [1.165, 1.54) is 4.90 Å². The number of aliphatic imine (C=N–C) groups is 1. The minimum absolute atomic E-state index is 0. The van der Waals surface area contributed by atoms with Gasteiger partial charge in [-0.25, -0.2) is 0 Å². The Morgan fingerprint density at radius 3 is 2.18 bits per heavy atom. The molecule has 2 aliphatic heterocycles. The highest BCUT2D eigenvalue weighted by molar-refractivity contribution is 14.0. The van der Waals surface area contributed by atoms with Crippen molar-refractivity contribution in [3.05, 3.63) is 59.7 Å². The zero-order chi connectivity index (χ0) is 23.2. The molecule has 2 aromatic carbocycles. The average molecular weight is 577 g/mol. The van der Waals surface area contributed by atoms with E-state index in [-0.39, 0.29) is 35.8 Å². The van der Waals surface area contributed by atoms with E-state index in [9.17, 15) is 9.59 Å². The number of carbonyl (C=O) groups excluding carboxylic acids is 2. The second-order valence-electron chi connectivity index (χ2n) is 8.13. The van der Waals surface area contributed by atoms with Gasteiger partial charge in [-0.05, 0) is 37.1 Å². The predicted octanol–water partition coefficient (Wildman–Crippen LogP) is 3.09. The Morgan fingerprint density at radius 1 is 0.941 bits per heavy atom. The summed E-state index contributed by atoms with van der Waals surface area (Å²) in [5, 5.41) is 3.43. The van der Waals surface area contributed by atoms with E-state index in [4.69, 9.17) is 4.74 Å². The van der Waals surface area contributed by atoms with E-state index < -0.39 is 0 Å². The minimum atomic E-state index is -0.188. The summed E-state index contributed by atoms with van der Waals surface area (Å²) in [4.78, 5) is 35.3. The Hall–Kier alpha value is -2.82. The molecule has 182 valence electrons. The fourth-order valence-corrected chi connectivity index (χ4v) is 4.42. The molecule has 0 atom stereocenters. The van der Waals surface area contributed by atoms with Crippen LogP contribution in [0.4, 0.5) is 5.69 Å². The summed E-state index contributed by atoms with van der Waals surface area (Å²) in [6.07, 6.45) is 1.59. The van der Waals surface area contributed by atoms with Crippen molar-refractivity contribution < 1.29 is 14.3 Å². The molecular formula is C25H32IN5O3. The lowest BCUT2D eigenvalue weighted by Gasteiger charge is -2.38. The predicted molar refractivity (Wildman–Crippen MR) is 145 cm³/mol. The molecule has 9 heteroatoms. The van der Waals surface area contributed by atoms with Crippen LogP contribution >= 0.6 is 24.0 Å². The largest absolute Gasteiger partial charge is 0.495 e. The third-order valence-electron chi connectivity index (χ3n) is 6.19. The molecule has 0 aliphatic carbocycles. The maximum atomic E-state index is 12.5. The second-order valence-corrected chi connectivity index (χ2v) is 8.13. The van der Waals surface area contributed by atoms with Gasteiger partial charge in [0.25, 0.3) is 11.8 Å². The molecule has 8 nitrogen and oxygen atoms in total. The van der Waals surface area contributed by atoms with Crippen LogP contribution in [0.5, 0.6) is 5.75 Å². The lowest BCUT2D eigenvalue weighted by Crippen LogP contribution is -2.52. The number of rotatable bonds is 7. The number of anilines is 1. The summed E-state index contributed by atoms with van der Waals surface area (Å²) in [6, 6.07) is 15.1. The molecule has 1 fully saturated rings. The number of nitrogens with zero attached hydrogens (tertiary/aromatic N) is 4. The van der Waals surface area contributed by atoms with Gasteiger partial charge in [-0.2, -0.15) is 0 Å². The van der Waals surface area contributed by atoms with Crippen molar-refractivity contribution in [2.75, 3.05) is 58.3 Å². The first-order valence-corrected chi connectivity index (χ1v) is 11.4. The fourth-order valence-electron chi connectivity index (χ4n) is 4.42. The Kier molecular flexibility index (Phi) is 9.14. The van der Waals surface area contributed by atoms with Crippen LogP contribution in [-0.2, 0) is 0 Å². The van der Waals surface area contributed by atoms with E-state index in [1.54, 1.807) is 38.4 Å². The molecule has 0 aromatic heterocycles. The van der Waals surface area contributed by atoms with Gasteiger partial charge in [0.15, 0.2) is 5.96 Å². The monoisotopic (exact) mass is 577 g/mol. The number of hydrogen-bond donors (Lipinski definition) is 1. The molecule has 1 N–H and O–H groups in total. The SMILES string of the molecule is CN=C(NCCCCN1C(=O)c2ccccc2C1=O)N1CCN(c2ccccc2OC)CC1.I. The molecule has 2 amide bonds. The van der Waals surface area contributed by atoms with Crippen LogP contribution in [0.1, 0.15) is 33.6 Å². The number of ether oxygens (including phenoxy) is 1. The number of piperazine rings is 1. The van der Waals surface area contributed by atoms with E-state index in [1.807, 2.05) is 18.2 Å². The highest BCUT2D eigenvalue weighted by Gasteiger charge is 2.34. The lowest BCUT2D eigenvalue weighted by molar-refractivity contribution is 0.0652. The van der Waals surface area contributed by atoms with Gasteiger partial charge in [0.05, 0.1) is 23.9 Å². The molecule has 1 saturated heterocycles. The number of benzene rings is 2. The Labute approximate surface area is 218 Å². The van der Waals surface area contributed by atoms with Crippen LogP contribution in [-0.4, -0.2) is 81.0 Å². The first-order valence-electron chi connectivity index (χ1n) is 11.4. The van der Waals surface area contributed by atoms with Crippen LogP contribution in [0.3, 0.4) is 0 Å². The Morgan fingerprint density at radius 2 is 1.56 bits per heavy atom. The third kappa shape index (κ3) is 5.45. The molecule has 0 radical (unpaired) electrons. The van der Waals surface area contributed by atoms with E-state index >= 15 is 0 Å². The zero-order valence-electron chi connectivity index (χ0n) is 19.7. The summed E-state index contributed by atoms with van der Waals surface area (Å²) in [5.74, 6) is 1.40. The molecule has 2 aromatic rings. The molecule has 2 aliphatic rings. The van der Waals surface area contributed by atoms with Gasteiger partial charge < -0.3 is 19.9 Å². The third-order valence-corrected chi connectivity index (χ3v) is 6.19. The number of carbonyl (C=O) groups is 2. The van der Waals surface area contributed by atoms with Gasteiger partial charge in [0.2, 0.25) is 0 Å². The number of para-hydroxylation sites is 2. The molecular weight excluding hydrogens is 545 g/mol. The Bertz CT molecular complexity index is 1000. The summed E-state index contributed by atoms with van der Waals surface area (Å²) >= 11 is 0. The van der Waals surface area contributed by atoms with Crippen molar-refractivity contribution in [2.45, 2.75) is 12.8 Å². The van der Waals surface area contributed by atoms with E-state index in [2.05, 4.69) is 26.2 Å². The number of fused-ring (bicyclic) bond motifs is 1. The van der Waals surface area contributed by atoms with Crippen molar-refractivity contribution >= 4 is 47.4 Å². The number of guanidine groups is 1. The summed E-state index contributed by atoms with van der Waals surface area (Å²) in [5.41, 5.74) is 2.14. The molecule has 2 heterocycles. The number of imide groups is 1. The van der Waals surface area contributed by atoms with Gasteiger partial charge in [0.1, 0.15) is 5.75 Å². The summed E-state index contributed by atoms with van der Waals surface area (Å²) in [7, 11) is 3.50. The highest BCUT2D eigenvalue weighted by atomic mass is 127. The molecule has 0 spiro atoms. The number of hydrogen-bond acceptors (Lipinski definition) is 5. The first-order chi connectivity index (χ1) is 16.1. The van der Waals surface area contributed by atoms with Crippen molar-refractivity contribution in [1.82, 2.24) is 15.1 Å². The number of methoxy groups -OCH3 is 1. The molecule has 0 bridgehead atoms. The number of halogens is 1. The zero-order valence-corrected chi connectivity index (χ0v) is 22.0. The topological polar surface area (TPSA) is 77.5 Å². The minimum Gasteiger partial charge on any atom is -0.495 e. The van der Waals surface area contributed by atoms with Gasteiger partial charge in [-0.15, -0.1) is 24.0 Å². The van der Waals surface area contributed by atoms with E-state index in [0.29, 0.717) is 17.7 Å².